The number of aliphatic hydroxyl groups excluding tert-OH is 1. The Bertz CT molecular complexity index is 337. The first-order valence-electron chi connectivity index (χ1n) is 5.53. The molecule has 1 fully saturated rings. The Morgan fingerprint density at radius 1 is 1.33 bits per heavy atom. The second kappa shape index (κ2) is 3.93. The highest BCUT2D eigenvalue weighted by atomic mass is 19.1. The van der Waals surface area contributed by atoms with Gasteiger partial charge in [-0.2, -0.15) is 0 Å². The maximum Gasteiger partial charge on any atom is 0.123 e. The molecule has 0 spiro atoms. The third-order valence-electron chi connectivity index (χ3n) is 3.27. The van der Waals surface area contributed by atoms with E-state index in [-0.39, 0.29) is 11.7 Å². The van der Waals surface area contributed by atoms with Crippen LogP contribution in [0.3, 0.4) is 0 Å². The second-order valence-electron chi connectivity index (χ2n) is 4.70. The molecule has 2 atom stereocenters. The van der Waals surface area contributed by atoms with Gasteiger partial charge in [-0.25, -0.2) is 4.39 Å². The highest BCUT2D eigenvalue weighted by molar-refractivity contribution is 5.25. The fraction of sp³-hybridized carbons (Fsp3) is 0.538. The van der Waals surface area contributed by atoms with Crippen LogP contribution in [0.4, 0.5) is 4.39 Å². The van der Waals surface area contributed by atoms with Crippen molar-refractivity contribution in [3.63, 3.8) is 0 Å². The molecule has 0 heterocycles. The molecule has 82 valence electrons. The van der Waals surface area contributed by atoms with Crippen molar-refractivity contribution >= 4 is 0 Å². The molecule has 0 saturated heterocycles. The van der Waals surface area contributed by atoms with Gasteiger partial charge in [0.2, 0.25) is 0 Å². The first kappa shape index (κ1) is 10.6. The standard InChI is InChI=1S/C13H17FO/c1-8-5-11(7-12(14)6-8)13(15)9(2)10-3-4-10/h5-7,9-10,13,15H,3-4H2,1-2H3. The van der Waals surface area contributed by atoms with Crippen LogP contribution < -0.4 is 0 Å². The van der Waals surface area contributed by atoms with Gasteiger partial charge in [0.25, 0.3) is 0 Å². The van der Waals surface area contributed by atoms with Crippen LogP contribution in [0, 0.1) is 24.6 Å². The Morgan fingerprint density at radius 3 is 2.53 bits per heavy atom. The lowest BCUT2D eigenvalue weighted by Crippen LogP contribution is -2.11. The number of hydrogen-bond acceptors (Lipinski definition) is 1. The maximum absolute atomic E-state index is 13.2. The van der Waals surface area contributed by atoms with Crippen molar-refractivity contribution in [2.75, 3.05) is 0 Å². The fourth-order valence-corrected chi connectivity index (χ4v) is 2.12. The lowest BCUT2D eigenvalue weighted by molar-refractivity contribution is 0.105. The number of rotatable bonds is 3. The number of benzene rings is 1. The van der Waals surface area contributed by atoms with Gasteiger partial charge in [0, 0.05) is 0 Å². The van der Waals surface area contributed by atoms with Gasteiger partial charge in [-0.1, -0.05) is 13.0 Å². The number of aryl methyl sites for hydroxylation is 1. The number of aliphatic hydroxyl groups is 1. The van der Waals surface area contributed by atoms with E-state index in [1.807, 2.05) is 19.9 Å². The Morgan fingerprint density at radius 2 is 2.00 bits per heavy atom. The van der Waals surface area contributed by atoms with Gasteiger partial charge < -0.3 is 5.11 Å². The minimum absolute atomic E-state index is 0.242. The van der Waals surface area contributed by atoms with E-state index in [2.05, 4.69) is 0 Å². The molecule has 2 heteroatoms. The summed E-state index contributed by atoms with van der Waals surface area (Å²) in [5, 5.41) is 10.1. The summed E-state index contributed by atoms with van der Waals surface area (Å²) in [6.07, 6.45) is 1.88. The second-order valence-corrected chi connectivity index (χ2v) is 4.70. The lowest BCUT2D eigenvalue weighted by Gasteiger charge is -2.19. The Balaban J connectivity index is 2.19. The van der Waals surface area contributed by atoms with E-state index < -0.39 is 6.10 Å². The van der Waals surface area contributed by atoms with Crippen molar-refractivity contribution in [3.05, 3.63) is 35.1 Å². The van der Waals surface area contributed by atoms with E-state index in [9.17, 15) is 9.50 Å². The maximum atomic E-state index is 13.2. The average molecular weight is 208 g/mol. The zero-order valence-electron chi connectivity index (χ0n) is 9.20. The van der Waals surface area contributed by atoms with Crippen molar-refractivity contribution in [3.8, 4) is 0 Å². The molecule has 2 rings (SSSR count). The summed E-state index contributed by atoms with van der Waals surface area (Å²) in [5.74, 6) is 0.613. The van der Waals surface area contributed by atoms with Crippen molar-refractivity contribution < 1.29 is 9.50 Å². The summed E-state index contributed by atoms with van der Waals surface area (Å²) in [4.78, 5) is 0. The summed E-state index contributed by atoms with van der Waals surface area (Å²) in [6, 6.07) is 4.79. The van der Waals surface area contributed by atoms with Crippen LogP contribution in [0.5, 0.6) is 0 Å². The molecule has 1 aromatic rings. The highest BCUT2D eigenvalue weighted by Crippen LogP contribution is 2.42. The summed E-state index contributed by atoms with van der Waals surface area (Å²) in [7, 11) is 0. The van der Waals surface area contributed by atoms with Gasteiger partial charge >= 0.3 is 0 Å². The van der Waals surface area contributed by atoms with Crippen LogP contribution in [0.25, 0.3) is 0 Å². The molecule has 1 aliphatic carbocycles. The quantitative estimate of drug-likeness (QED) is 0.808. The van der Waals surface area contributed by atoms with E-state index in [0.29, 0.717) is 11.5 Å². The molecule has 0 aliphatic heterocycles. The summed E-state index contributed by atoms with van der Waals surface area (Å²) < 4.78 is 13.2. The number of halogens is 1. The van der Waals surface area contributed by atoms with Gasteiger partial charge in [-0.15, -0.1) is 0 Å². The predicted octanol–water partition coefficient (Wildman–Crippen LogP) is 3.21. The van der Waals surface area contributed by atoms with Crippen LogP contribution >= 0.6 is 0 Å². The first-order valence-corrected chi connectivity index (χ1v) is 5.53. The van der Waals surface area contributed by atoms with Crippen LogP contribution in [0.15, 0.2) is 18.2 Å². The van der Waals surface area contributed by atoms with Gasteiger partial charge in [0.05, 0.1) is 6.10 Å². The highest BCUT2D eigenvalue weighted by Gasteiger charge is 2.33. The molecule has 15 heavy (non-hydrogen) atoms. The fourth-order valence-electron chi connectivity index (χ4n) is 2.12. The smallest absolute Gasteiger partial charge is 0.123 e. The molecule has 0 bridgehead atoms. The summed E-state index contributed by atoms with van der Waals surface area (Å²) >= 11 is 0. The van der Waals surface area contributed by atoms with E-state index in [1.165, 1.54) is 25.0 Å². The normalized spacial score (nSPS) is 20.0. The largest absolute Gasteiger partial charge is 0.388 e. The lowest BCUT2D eigenvalue weighted by atomic mass is 9.92. The minimum atomic E-state index is -0.521. The van der Waals surface area contributed by atoms with Crippen molar-refractivity contribution in [1.29, 1.82) is 0 Å². The number of hydrogen-bond donors (Lipinski definition) is 1. The van der Waals surface area contributed by atoms with Crippen LogP contribution in [-0.4, -0.2) is 5.11 Å². The monoisotopic (exact) mass is 208 g/mol. The Labute approximate surface area is 89.9 Å². The van der Waals surface area contributed by atoms with Crippen molar-refractivity contribution in [2.45, 2.75) is 32.8 Å². The Kier molecular flexibility index (Phi) is 2.79. The molecule has 1 aromatic carbocycles. The van der Waals surface area contributed by atoms with E-state index in [4.69, 9.17) is 0 Å². The average Bonchev–Trinajstić information content (AvgIpc) is 2.97. The van der Waals surface area contributed by atoms with Crippen LogP contribution in [0.2, 0.25) is 0 Å². The third-order valence-corrected chi connectivity index (χ3v) is 3.27. The topological polar surface area (TPSA) is 20.2 Å². The van der Waals surface area contributed by atoms with Crippen molar-refractivity contribution in [1.82, 2.24) is 0 Å². The van der Waals surface area contributed by atoms with Gasteiger partial charge in [0.15, 0.2) is 0 Å². The van der Waals surface area contributed by atoms with E-state index in [1.54, 1.807) is 0 Å². The summed E-state index contributed by atoms with van der Waals surface area (Å²) in [5.41, 5.74) is 1.58. The van der Waals surface area contributed by atoms with Gasteiger partial charge in [-0.05, 0) is 54.9 Å². The van der Waals surface area contributed by atoms with Crippen LogP contribution in [-0.2, 0) is 0 Å². The molecule has 0 radical (unpaired) electrons. The molecule has 1 aliphatic rings. The minimum Gasteiger partial charge on any atom is -0.388 e. The molecular weight excluding hydrogens is 191 g/mol. The van der Waals surface area contributed by atoms with E-state index >= 15 is 0 Å². The zero-order valence-corrected chi connectivity index (χ0v) is 9.20. The van der Waals surface area contributed by atoms with Gasteiger partial charge in [-0.3, -0.25) is 0 Å². The molecule has 1 nitrogen and oxygen atoms in total. The van der Waals surface area contributed by atoms with Crippen LogP contribution in [0.1, 0.15) is 37.0 Å². The molecule has 1 saturated carbocycles. The molecule has 2 unspecified atom stereocenters. The molecule has 0 amide bonds. The molecule has 1 N–H and O–H groups in total. The molecule has 0 aromatic heterocycles. The first-order chi connectivity index (χ1) is 7.08. The summed E-state index contributed by atoms with van der Waals surface area (Å²) in [6.45, 7) is 3.89. The zero-order chi connectivity index (χ0) is 11.0. The van der Waals surface area contributed by atoms with Gasteiger partial charge in [0.1, 0.15) is 5.82 Å². The van der Waals surface area contributed by atoms with E-state index in [0.717, 1.165) is 5.56 Å². The van der Waals surface area contributed by atoms with Crippen molar-refractivity contribution in [2.24, 2.45) is 11.8 Å². The predicted molar refractivity (Wildman–Crippen MR) is 58.0 cm³/mol. The SMILES string of the molecule is Cc1cc(F)cc(C(O)C(C)C2CC2)c1. The Hall–Kier alpha value is -0.890. The third kappa shape index (κ3) is 2.37. The molecular formula is C13H17FO.